The highest BCUT2D eigenvalue weighted by Crippen LogP contribution is 2.38. The van der Waals surface area contributed by atoms with Gasteiger partial charge in [-0.1, -0.05) is 0 Å². The second-order valence-corrected chi connectivity index (χ2v) is 4.56. The normalized spacial score (nSPS) is 12.1. The first-order valence-electron chi connectivity index (χ1n) is 5.17. The second-order valence-electron chi connectivity index (χ2n) is 3.71. The zero-order valence-corrected chi connectivity index (χ0v) is 11.2. The molecule has 0 atom stereocenters. The van der Waals surface area contributed by atoms with Gasteiger partial charge in [-0.05, 0) is 22.9 Å². The zero-order valence-electron chi connectivity index (χ0n) is 9.66. The number of hydrogen-bond donors (Lipinski definition) is 0. The van der Waals surface area contributed by atoms with Crippen LogP contribution in [0.25, 0.3) is 11.3 Å². The zero-order chi connectivity index (χ0) is 13.5. The summed E-state index contributed by atoms with van der Waals surface area (Å²) < 4.78 is 42.0. The number of aryl methyl sites for hydroxylation is 2. The molecule has 0 fully saturated rings. The molecule has 0 unspecified atom stereocenters. The molecule has 0 aliphatic heterocycles. The van der Waals surface area contributed by atoms with Crippen molar-refractivity contribution >= 4 is 15.9 Å². The Morgan fingerprint density at radius 1 is 1.39 bits per heavy atom. The molecule has 98 valence electrons. The van der Waals surface area contributed by atoms with E-state index in [2.05, 4.69) is 26.1 Å². The maximum absolute atomic E-state index is 12.9. The Kier molecular flexibility index (Phi) is 3.22. The fraction of sp³-hybridized carbons (Fsp3) is 0.400. The Labute approximate surface area is 110 Å². The van der Waals surface area contributed by atoms with Crippen molar-refractivity contribution in [3.05, 3.63) is 22.6 Å². The van der Waals surface area contributed by atoms with Crippen molar-refractivity contribution in [2.24, 2.45) is 7.05 Å². The summed E-state index contributed by atoms with van der Waals surface area (Å²) in [6, 6.07) is 0. The first-order valence-corrected chi connectivity index (χ1v) is 5.96. The summed E-state index contributed by atoms with van der Waals surface area (Å²) in [4.78, 5) is 0. The van der Waals surface area contributed by atoms with Crippen molar-refractivity contribution in [2.45, 2.75) is 19.6 Å². The summed E-state index contributed by atoms with van der Waals surface area (Å²) in [6.07, 6.45) is -1.65. The van der Waals surface area contributed by atoms with E-state index in [1.807, 2.05) is 0 Å². The van der Waals surface area contributed by atoms with Crippen molar-refractivity contribution in [3.63, 3.8) is 0 Å². The Balaban J connectivity index is 2.67. The molecule has 0 saturated heterocycles. The summed E-state index contributed by atoms with van der Waals surface area (Å²) in [5.74, 6) is 0. The Bertz CT molecular complexity index is 551. The molecule has 0 amide bonds. The van der Waals surface area contributed by atoms with Crippen molar-refractivity contribution < 1.29 is 13.2 Å². The molecule has 0 bridgehead atoms. The monoisotopic (exact) mass is 322 g/mol. The topological polar surface area (TPSA) is 35.6 Å². The van der Waals surface area contributed by atoms with Crippen LogP contribution < -0.4 is 0 Å². The quantitative estimate of drug-likeness (QED) is 0.851. The van der Waals surface area contributed by atoms with E-state index in [0.29, 0.717) is 16.7 Å². The van der Waals surface area contributed by atoms with E-state index in [4.69, 9.17) is 0 Å². The van der Waals surface area contributed by atoms with Gasteiger partial charge in [-0.25, -0.2) is 0 Å². The van der Waals surface area contributed by atoms with E-state index in [9.17, 15) is 13.2 Å². The first-order chi connectivity index (χ1) is 8.34. The molecule has 2 rings (SSSR count). The molecule has 0 N–H and O–H groups in total. The number of rotatable bonds is 2. The van der Waals surface area contributed by atoms with E-state index in [0.717, 1.165) is 0 Å². The number of alkyl halides is 3. The molecule has 4 nitrogen and oxygen atoms in total. The third kappa shape index (κ3) is 2.16. The van der Waals surface area contributed by atoms with Gasteiger partial charge in [-0.3, -0.25) is 9.36 Å². The van der Waals surface area contributed by atoms with Crippen LogP contribution in [0, 0.1) is 0 Å². The van der Waals surface area contributed by atoms with Crippen molar-refractivity contribution in [2.75, 3.05) is 0 Å². The van der Waals surface area contributed by atoms with Crippen LogP contribution in [0.5, 0.6) is 0 Å². The van der Waals surface area contributed by atoms with Gasteiger partial charge in [0.15, 0.2) is 5.69 Å². The maximum atomic E-state index is 12.9. The number of halogens is 4. The minimum atomic E-state index is -4.49. The molecular formula is C10H10BrF3N4. The summed E-state index contributed by atoms with van der Waals surface area (Å²) >= 11 is 3.20. The highest BCUT2D eigenvalue weighted by molar-refractivity contribution is 9.10. The highest BCUT2D eigenvalue weighted by Gasteiger charge is 2.38. The van der Waals surface area contributed by atoms with Gasteiger partial charge >= 0.3 is 6.18 Å². The van der Waals surface area contributed by atoms with Crippen LogP contribution in [0.1, 0.15) is 12.6 Å². The molecule has 2 heterocycles. The summed E-state index contributed by atoms with van der Waals surface area (Å²) in [5.41, 5.74) is -0.507. The fourth-order valence-corrected chi connectivity index (χ4v) is 2.24. The molecule has 8 heteroatoms. The molecular weight excluding hydrogens is 313 g/mol. The van der Waals surface area contributed by atoms with E-state index in [1.165, 1.54) is 21.8 Å². The number of hydrogen-bond acceptors (Lipinski definition) is 2. The van der Waals surface area contributed by atoms with Gasteiger partial charge < -0.3 is 0 Å². The number of nitrogens with zero attached hydrogens (tertiary/aromatic N) is 4. The fourth-order valence-electron chi connectivity index (χ4n) is 1.68. The molecule has 0 radical (unpaired) electrons. The smallest absolute Gasteiger partial charge is 0.272 e. The minimum absolute atomic E-state index is 0.0243. The molecule has 0 aliphatic carbocycles. The largest absolute Gasteiger partial charge is 0.435 e. The Hall–Kier alpha value is -1.31. The predicted octanol–water partition coefficient (Wildman–Crippen LogP) is 3.08. The van der Waals surface area contributed by atoms with Gasteiger partial charge in [0.2, 0.25) is 0 Å². The van der Waals surface area contributed by atoms with Gasteiger partial charge in [-0.2, -0.15) is 23.4 Å². The lowest BCUT2D eigenvalue weighted by molar-refractivity contribution is -0.141. The average molecular weight is 323 g/mol. The van der Waals surface area contributed by atoms with Crippen LogP contribution in [0.4, 0.5) is 13.2 Å². The predicted molar refractivity (Wildman–Crippen MR) is 62.8 cm³/mol. The van der Waals surface area contributed by atoms with Crippen LogP contribution in [-0.4, -0.2) is 19.6 Å². The molecule has 0 saturated carbocycles. The standard InChI is InChI=1S/C10H10BrF3N4/c1-3-18-5-6(9(16-18)10(12,13)14)8-7(11)4-15-17(8)2/h4-5H,3H2,1-2H3. The Morgan fingerprint density at radius 3 is 2.50 bits per heavy atom. The lowest BCUT2D eigenvalue weighted by Crippen LogP contribution is -2.09. The van der Waals surface area contributed by atoms with Crippen molar-refractivity contribution in [1.29, 1.82) is 0 Å². The van der Waals surface area contributed by atoms with Crippen LogP contribution in [0.2, 0.25) is 0 Å². The van der Waals surface area contributed by atoms with Crippen molar-refractivity contribution in [1.82, 2.24) is 19.6 Å². The Morgan fingerprint density at radius 2 is 2.06 bits per heavy atom. The lowest BCUT2D eigenvalue weighted by atomic mass is 10.2. The maximum Gasteiger partial charge on any atom is 0.435 e. The van der Waals surface area contributed by atoms with Gasteiger partial charge in [0.25, 0.3) is 0 Å². The summed E-state index contributed by atoms with van der Waals surface area (Å²) in [6.45, 7) is 2.10. The van der Waals surface area contributed by atoms with Crippen LogP contribution >= 0.6 is 15.9 Å². The van der Waals surface area contributed by atoms with E-state index in [1.54, 1.807) is 14.0 Å². The average Bonchev–Trinajstić information content (AvgIpc) is 2.82. The minimum Gasteiger partial charge on any atom is -0.272 e. The molecule has 0 aliphatic rings. The third-order valence-electron chi connectivity index (χ3n) is 2.50. The molecule has 0 spiro atoms. The van der Waals surface area contributed by atoms with Gasteiger partial charge in [0.1, 0.15) is 0 Å². The van der Waals surface area contributed by atoms with E-state index >= 15 is 0 Å². The van der Waals surface area contributed by atoms with Gasteiger partial charge in [0.05, 0.1) is 21.9 Å². The number of aromatic nitrogens is 4. The first kappa shape index (κ1) is 13.1. The van der Waals surface area contributed by atoms with E-state index in [-0.39, 0.29) is 5.56 Å². The van der Waals surface area contributed by atoms with Gasteiger partial charge in [0, 0.05) is 19.8 Å². The SMILES string of the molecule is CCn1cc(-c2c(Br)cnn2C)c(C(F)(F)F)n1. The molecule has 2 aromatic heterocycles. The third-order valence-corrected chi connectivity index (χ3v) is 3.08. The molecule has 0 aromatic carbocycles. The highest BCUT2D eigenvalue weighted by atomic mass is 79.9. The van der Waals surface area contributed by atoms with Gasteiger partial charge in [-0.15, -0.1) is 0 Å². The second kappa shape index (κ2) is 4.42. The van der Waals surface area contributed by atoms with Crippen LogP contribution in [0.3, 0.4) is 0 Å². The summed E-state index contributed by atoms with van der Waals surface area (Å²) in [5, 5.41) is 7.48. The van der Waals surface area contributed by atoms with Crippen LogP contribution in [-0.2, 0) is 19.8 Å². The molecule has 2 aromatic rings. The summed E-state index contributed by atoms with van der Waals surface area (Å²) in [7, 11) is 1.59. The molecule has 18 heavy (non-hydrogen) atoms. The van der Waals surface area contributed by atoms with E-state index < -0.39 is 11.9 Å². The van der Waals surface area contributed by atoms with Crippen molar-refractivity contribution in [3.8, 4) is 11.3 Å². The lowest BCUT2D eigenvalue weighted by Gasteiger charge is -2.06. The van der Waals surface area contributed by atoms with Crippen LogP contribution in [0.15, 0.2) is 16.9 Å².